The van der Waals surface area contributed by atoms with Gasteiger partial charge >= 0.3 is 0 Å². The SMILES string of the molecule is CC(C)(C)NC(=O)CCNC(=O)CC1CC2CCC(C1)N2. The van der Waals surface area contributed by atoms with Crippen LogP contribution in [0.3, 0.4) is 0 Å². The Morgan fingerprint density at radius 1 is 1.10 bits per heavy atom. The quantitative estimate of drug-likeness (QED) is 0.716. The molecule has 5 nitrogen and oxygen atoms in total. The van der Waals surface area contributed by atoms with E-state index in [0.29, 0.717) is 37.4 Å². The number of hydrogen-bond acceptors (Lipinski definition) is 3. The van der Waals surface area contributed by atoms with E-state index in [1.54, 1.807) is 0 Å². The second-order valence-electron chi connectivity index (χ2n) is 7.58. The largest absolute Gasteiger partial charge is 0.356 e. The third kappa shape index (κ3) is 5.65. The van der Waals surface area contributed by atoms with Crippen molar-refractivity contribution in [2.45, 2.75) is 76.9 Å². The number of fused-ring (bicyclic) bond motifs is 2. The fraction of sp³-hybridized carbons (Fsp3) is 0.875. The Morgan fingerprint density at radius 2 is 1.71 bits per heavy atom. The number of hydrogen-bond donors (Lipinski definition) is 3. The van der Waals surface area contributed by atoms with Gasteiger partial charge in [-0.2, -0.15) is 0 Å². The number of carbonyl (C=O) groups excluding carboxylic acids is 2. The maximum Gasteiger partial charge on any atom is 0.222 e. The first-order valence-corrected chi connectivity index (χ1v) is 8.15. The highest BCUT2D eigenvalue weighted by molar-refractivity contribution is 5.79. The molecule has 2 aliphatic rings. The Hall–Kier alpha value is -1.10. The van der Waals surface area contributed by atoms with Crippen molar-refractivity contribution < 1.29 is 9.59 Å². The minimum Gasteiger partial charge on any atom is -0.356 e. The van der Waals surface area contributed by atoms with Gasteiger partial charge in [0.25, 0.3) is 0 Å². The van der Waals surface area contributed by atoms with Gasteiger partial charge in [-0.3, -0.25) is 9.59 Å². The summed E-state index contributed by atoms with van der Waals surface area (Å²) in [5, 5.41) is 9.36. The van der Waals surface area contributed by atoms with E-state index in [9.17, 15) is 9.59 Å². The minimum absolute atomic E-state index is 0.0114. The van der Waals surface area contributed by atoms with Gasteiger partial charge in [0.2, 0.25) is 11.8 Å². The minimum atomic E-state index is -0.213. The number of rotatable bonds is 5. The van der Waals surface area contributed by atoms with Crippen molar-refractivity contribution in [3.05, 3.63) is 0 Å². The molecule has 3 N–H and O–H groups in total. The maximum atomic E-state index is 11.9. The smallest absolute Gasteiger partial charge is 0.222 e. The molecule has 2 unspecified atom stereocenters. The highest BCUT2D eigenvalue weighted by atomic mass is 16.2. The van der Waals surface area contributed by atoms with E-state index in [4.69, 9.17) is 0 Å². The van der Waals surface area contributed by atoms with Gasteiger partial charge in [-0.15, -0.1) is 0 Å². The van der Waals surface area contributed by atoms with Crippen LogP contribution in [0.15, 0.2) is 0 Å². The highest BCUT2D eigenvalue weighted by Gasteiger charge is 2.34. The van der Waals surface area contributed by atoms with Gasteiger partial charge in [-0.1, -0.05) is 0 Å². The molecular weight excluding hydrogens is 266 g/mol. The zero-order valence-corrected chi connectivity index (χ0v) is 13.5. The summed E-state index contributed by atoms with van der Waals surface area (Å²) in [5.41, 5.74) is -0.213. The summed E-state index contributed by atoms with van der Waals surface area (Å²) in [6.07, 6.45) is 5.71. The first kappa shape index (κ1) is 16.3. The summed E-state index contributed by atoms with van der Waals surface area (Å²) < 4.78 is 0. The van der Waals surface area contributed by atoms with Gasteiger partial charge < -0.3 is 16.0 Å². The fourth-order valence-corrected chi connectivity index (χ4v) is 3.47. The summed E-state index contributed by atoms with van der Waals surface area (Å²) in [7, 11) is 0. The van der Waals surface area contributed by atoms with E-state index in [1.807, 2.05) is 20.8 Å². The van der Waals surface area contributed by atoms with E-state index in [0.717, 1.165) is 12.8 Å². The molecule has 2 rings (SSSR count). The van der Waals surface area contributed by atoms with E-state index < -0.39 is 0 Å². The highest BCUT2D eigenvalue weighted by Crippen LogP contribution is 2.32. The van der Waals surface area contributed by atoms with Crippen molar-refractivity contribution in [1.29, 1.82) is 0 Å². The van der Waals surface area contributed by atoms with Crippen molar-refractivity contribution >= 4 is 11.8 Å². The summed E-state index contributed by atoms with van der Waals surface area (Å²) in [6, 6.07) is 1.25. The van der Waals surface area contributed by atoms with Crippen LogP contribution < -0.4 is 16.0 Å². The second-order valence-corrected chi connectivity index (χ2v) is 7.58. The first-order valence-electron chi connectivity index (χ1n) is 8.15. The number of nitrogens with one attached hydrogen (secondary N) is 3. The van der Waals surface area contributed by atoms with Crippen LogP contribution in [0.5, 0.6) is 0 Å². The average molecular weight is 295 g/mol. The van der Waals surface area contributed by atoms with Crippen molar-refractivity contribution in [3.63, 3.8) is 0 Å². The van der Waals surface area contributed by atoms with Crippen LogP contribution in [-0.4, -0.2) is 36.0 Å². The molecule has 0 aromatic rings. The molecule has 120 valence electrons. The molecule has 2 bridgehead atoms. The number of amides is 2. The molecule has 2 atom stereocenters. The topological polar surface area (TPSA) is 70.2 Å². The lowest BCUT2D eigenvalue weighted by Gasteiger charge is -2.28. The molecule has 0 spiro atoms. The van der Waals surface area contributed by atoms with Crippen molar-refractivity contribution in [3.8, 4) is 0 Å². The Morgan fingerprint density at radius 3 is 2.29 bits per heavy atom. The molecule has 2 aliphatic heterocycles. The maximum absolute atomic E-state index is 11.9. The van der Waals surface area contributed by atoms with Crippen LogP contribution in [0.25, 0.3) is 0 Å². The molecule has 0 aromatic heterocycles. The molecule has 0 aromatic carbocycles. The van der Waals surface area contributed by atoms with Gasteiger partial charge in [0.1, 0.15) is 0 Å². The zero-order valence-electron chi connectivity index (χ0n) is 13.5. The molecule has 0 radical (unpaired) electrons. The molecule has 0 saturated carbocycles. The van der Waals surface area contributed by atoms with E-state index in [1.165, 1.54) is 12.8 Å². The fourth-order valence-electron chi connectivity index (χ4n) is 3.47. The second kappa shape index (κ2) is 6.77. The summed E-state index contributed by atoms with van der Waals surface area (Å²) in [4.78, 5) is 23.6. The molecule has 21 heavy (non-hydrogen) atoms. The average Bonchev–Trinajstić information content (AvgIpc) is 2.66. The predicted molar refractivity (Wildman–Crippen MR) is 82.8 cm³/mol. The molecule has 0 aliphatic carbocycles. The standard InChI is InChI=1S/C16H29N3O2/c1-16(2,3)19-14(20)6-7-17-15(21)10-11-8-12-4-5-13(9-11)18-12/h11-13,18H,4-10H2,1-3H3,(H,17,21)(H,19,20). The summed E-state index contributed by atoms with van der Waals surface area (Å²) in [6.45, 7) is 6.29. The van der Waals surface area contributed by atoms with E-state index >= 15 is 0 Å². The normalized spacial score (nSPS) is 28.2. The molecule has 2 heterocycles. The Kier molecular flexibility index (Phi) is 5.25. The summed E-state index contributed by atoms with van der Waals surface area (Å²) in [5.74, 6) is 0.583. The molecule has 2 fully saturated rings. The predicted octanol–water partition coefficient (Wildman–Crippen LogP) is 1.33. The van der Waals surface area contributed by atoms with Crippen LogP contribution in [0.2, 0.25) is 0 Å². The number of carbonyl (C=O) groups is 2. The third-order valence-electron chi connectivity index (χ3n) is 4.23. The lowest BCUT2D eigenvalue weighted by atomic mass is 9.89. The molecule has 2 amide bonds. The van der Waals surface area contributed by atoms with Gasteiger partial charge in [-0.25, -0.2) is 0 Å². The monoisotopic (exact) mass is 295 g/mol. The van der Waals surface area contributed by atoms with Crippen LogP contribution in [0.4, 0.5) is 0 Å². The van der Waals surface area contributed by atoms with Crippen molar-refractivity contribution in [1.82, 2.24) is 16.0 Å². The lowest BCUT2D eigenvalue weighted by molar-refractivity contribution is -0.123. The Bertz CT molecular complexity index is 377. The van der Waals surface area contributed by atoms with Crippen LogP contribution in [0, 0.1) is 5.92 Å². The van der Waals surface area contributed by atoms with Gasteiger partial charge in [-0.05, 0) is 52.4 Å². The van der Waals surface area contributed by atoms with Crippen molar-refractivity contribution in [2.75, 3.05) is 6.54 Å². The number of piperidine rings is 1. The van der Waals surface area contributed by atoms with Crippen LogP contribution in [-0.2, 0) is 9.59 Å². The third-order valence-corrected chi connectivity index (χ3v) is 4.23. The first-order chi connectivity index (χ1) is 9.82. The summed E-state index contributed by atoms with van der Waals surface area (Å²) >= 11 is 0. The lowest BCUT2D eigenvalue weighted by Crippen LogP contribution is -2.42. The van der Waals surface area contributed by atoms with Crippen molar-refractivity contribution in [2.24, 2.45) is 5.92 Å². The van der Waals surface area contributed by atoms with E-state index in [2.05, 4.69) is 16.0 Å². The van der Waals surface area contributed by atoms with Crippen LogP contribution in [0.1, 0.15) is 59.3 Å². The van der Waals surface area contributed by atoms with Gasteiger partial charge in [0, 0.05) is 37.0 Å². The van der Waals surface area contributed by atoms with Gasteiger partial charge in [0.15, 0.2) is 0 Å². The molecule has 5 heteroatoms. The zero-order chi connectivity index (χ0) is 15.5. The van der Waals surface area contributed by atoms with Gasteiger partial charge in [0.05, 0.1) is 0 Å². The van der Waals surface area contributed by atoms with Crippen LogP contribution >= 0.6 is 0 Å². The Balaban J connectivity index is 1.61. The Labute approximate surface area is 127 Å². The molecular formula is C16H29N3O2. The van der Waals surface area contributed by atoms with E-state index in [-0.39, 0.29) is 17.4 Å². The molecule has 2 saturated heterocycles.